The van der Waals surface area contributed by atoms with Gasteiger partial charge in [-0.05, 0) is 75.0 Å². The number of amides is 1. The number of carbonyl (C=O) groups is 1. The first-order chi connectivity index (χ1) is 15.6. The van der Waals surface area contributed by atoms with E-state index in [-0.39, 0.29) is 11.7 Å². The molecular weight excluding hydrogens is 407 g/mol. The van der Waals surface area contributed by atoms with Gasteiger partial charge in [-0.3, -0.25) is 9.69 Å². The summed E-state index contributed by atoms with van der Waals surface area (Å²) in [5.74, 6) is 1.06. The molecule has 0 spiro atoms. The summed E-state index contributed by atoms with van der Waals surface area (Å²) in [7, 11) is 0. The van der Waals surface area contributed by atoms with Gasteiger partial charge in [0.1, 0.15) is 18.2 Å². The highest BCUT2D eigenvalue weighted by atomic mass is 19.1. The molecule has 0 radical (unpaired) electrons. The Hall–Kier alpha value is -2.44. The normalized spacial score (nSPS) is 19.4. The van der Waals surface area contributed by atoms with E-state index in [1.54, 1.807) is 18.2 Å². The predicted octanol–water partition coefficient (Wildman–Crippen LogP) is 4.62. The van der Waals surface area contributed by atoms with Crippen molar-refractivity contribution >= 4 is 11.6 Å². The second kappa shape index (κ2) is 10.5. The summed E-state index contributed by atoms with van der Waals surface area (Å²) in [6.45, 7) is 7.05. The quantitative estimate of drug-likeness (QED) is 0.682. The second-order valence-corrected chi connectivity index (χ2v) is 9.03. The van der Waals surface area contributed by atoms with Crippen LogP contribution in [0.3, 0.4) is 0 Å². The van der Waals surface area contributed by atoms with E-state index in [4.69, 9.17) is 9.47 Å². The number of ether oxygens (including phenoxy) is 2. The second-order valence-electron chi connectivity index (χ2n) is 9.03. The molecule has 2 aromatic carbocycles. The predicted molar refractivity (Wildman–Crippen MR) is 124 cm³/mol. The van der Waals surface area contributed by atoms with Crippen LogP contribution in [0.2, 0.25) is 0 Å². The summed E-state index contributed by atoms with van der Waals surface area (Å²) in [6, 6.07) is 14.0. The minimum absolute atomic E-state index is 0.195. The number of benzene rings is 2. The van der Waals surface area contributed by atoms with Gasteiger partial charge in [0.25, 0.3) is 0 Å². The Kier molecular flexibility index (Phi) is 7.43. The molecule has 0 aromatic heterocycles. The molecule has 2 aromatic rings. The van der Waals surface area contributed by atoms with Crippen LogP contribution in [0.4, 0.5) is 10.1 Å². The van der Waals surface area contributed by atoms with Crippen LogP contribution in [0.5, 0.6) is 5.75 Å². The van der Waals surface area contributed by atoms with E-state index >= 15 is 0 Å². The van der Waals surface area contributed by atoms with Gasteiger partial charge in [-0.1, -0.05) is 25.1 Å². The number of carbonyl (C=O) groups excluding carboxylic acids is 1. The highest BCUT2D eigenvalue weighted by Crippen LogP contribution is 2.37. The zero-order valence-electron chi connectivity index (χ0n) is 18.8. The Bertz CT molecular complexity index is 888. The number of halogens is 1. The number of rotatable bonds is 7. The van der Waals surface area contributed by atoms with Crippen LogP contribution in [0.15, 0.2) is 48.5 Å². The van der Waals surface area contributed by atoms with Crippen molar-refractivity contribution in [1.82, 2.24) is 4.90 Å². The van der Waals surface area contributed by atoms with Crippen molar-refractivity contribution in [1.29, 1.82) is 0 Å². The van der Waals surface area contributed by atoms with E-state index in [0.29, 0.717) is 43.9 Å². The van der Waals surface area contributed by atoms with Crippen molar-refractivity contribution in [3.05, 3.63) is 59.9 Å². The minimum Gasteiger partial charge on any atom is -0.492 e. The largest absolute Gasteiger partial charge is 0.492 e. The average molecular weight is 441 g/mol. The highest BCUT2D eigenvalue weighted by molar-refractivity contribution is 5.99. The third-order valence-corrected chi connectivity index (χ3v) is 6.84. The van der Waals surface area contributed by atoms with Crippen LogP contribution < -0.4 is 10.1 Å². The maximum Gasteiger partial charge on any atom is 0.235 e. The van der Waals surface area contributed by atoms with Crippen LogP contribution >= 0.6 is 0 Å². The van der Waals surface area contributed by atoms with Crippen LogP contribution in [0.25, 0.3) is 0 Å². The summed E-state index contributed by atoms with van der Waals surface area (Å²) >= 11 is 0. The van der Waals surface area contributed by atoms with Crippen LogP contribution in [0, 0.1) is 11.7 Å². The molecule has 1 N–H and O–H groups in total. The first-order valence-corrected chi connectivity index (χ1v) is 11.7. The van der Waals surface area contributed by atoms with Gasteiger partial charge in [0.05, 0.1) is 5.41 Å². The van der Waals surface area contributed by atoms with Crippen LogP contribution in [-0.2, 0) is 14.9 Å². The van der Waals surface area contributed by atoms with E-state index < -0.39 is 5.41 Å². The minimum atomic E-state index is -0.926. The fourth-order valence-corrected chi connectivity index (χ4v) is 4.65. The molecule has 4 rings (SSSR count). The Labute approximate surface area is 189 Å². The van der Waals surface area contributed by atoms with Crippen molar-refractivity contribution in [3.63, 3.8) is 0 Å². The fourth-order valence-electron chi connectivity index (χ4n) is 4.65. The maximum absolute atomic E-state index is 14.6. The summed E-state index contributed by atoms with van der Waals surface area (Å²) in [4.78, 5) is 15.8. The van der Waals surface area contributed by atoms with Crippen LogP contribution in [0.1, 0.15) is 38.2 Å². The lowest BCUT2D eigenvalue weighted by Crippen LogP contribution is -2.45. The molecule has 2 heterocycles. The highest BCUT2D eigenvalue weighted by Gasteiger charge is 2.43. The smallest absolute Gasteiger partial charge is 0.235 e. The Morgan fingerprint density at radius 3 is 2.50 bits per heavy atom. The molecule has 0 saturated carbocycles. The number of nitrogens with one attached hydrogen (secondary N) is 1. The van der Waals surface area contributed by atoms with Crippen molar-refractivity contribution in [2.24, 2.45) is 5.92 Å². The molecule has 32 heavy (non-hydrogen) atoms. The molecule has 5 nitrogen and oxygen atoms in total. The van der Waals surface area contributed by atoms with E-state index in [1.165, 1.54) is 18.9 Å². The summed E-state index contributed by atoms with van der Waals surface area (Å²) in [6.07, 6.45) is 3.43. The first kappa shape index (κ1) is 22.7. The van der Waals surface area contributed by atoms with Crippen molar-refractivity contribution in [2.45, 2.75) is 38.0 Å². The number of piperidine rings is 1. The van der Waals surface area contributed by atoms with Gasteiger partial charge in [0, 0.05) is 31.0 Å². The summed E-state index contributed by atoms with van der Waals surface area (Å²) < 4.78 is 26.0. The van der Waals surface area contributed by atoms with Crippen molar-refractivity contribution in [3.8, 4) is 5.75 Å². The lowest BCUT2D eigenvalue weighted by atomic mass is 9.73. The summed E-state index contributed by atoms with van der Waals surface area (Å²) in [5, 5.41) is 2.99. The first-order valence-electron chi connectivity index (χ1n) is 11.7. The van der Waals surface area contributed by atoms with E-state index in [0.717, 1.165) is 31.3 Å². The standard InChI is InChI=1S/C26H33FN2O3/c1-20-10-14-29(15-11-20)16-19-32-22-8-6-21(7-9-22)28-25(30)26(12-17-31-18-13-26)23-4-2-3-5-24(23)27/h2-9,20H,10-19H2,1H3,(H,28,30). The number of hydrogen-bond donors (Lipinski definition) is 1. The number of anilines is 1. The molecule has 0 aliphatic carbocycles. The molecule has 0 bridgehead atoms. The Balaban J connectivity index is 1.35. The van der Waals surface area contributed by atoms with Gasteiger partial charge in [-0.25, -0.2) is 4.39 Å². The molecule has 2 fully saturated rings. The van der Waals surface area contributed by atoms with Gasteiger partial charge in [-0.15, -0.1) is 0 Å². The van der Waals surface area contributed by atoms with E-state index in [2.05, 4.69) is 17.1 Å². The van der Waals surface area contributed by atoms with Crippen molar-refractivity contribution in [2.75, 3.05) is 44.8 Å². The molecule has 172 valence electrons. The molecular formula is C26H33FN2O3. The van der Waals surface area contributed by atoms with Gasteiger partial charge < -0.3 is 14.8 Å². The zero-order valence-corrected chi connectivity index (χ0v) is 18.8. The molecule has 2 saturated heterocycles. The maximum atomic E-state index is 14.6. The lowest BCUT2D eigenvalue weighted by Gasteiger charge is -2.36. The SMILES string of the molecule is CC1CCN(CCOc2ccc(NC(=O)C3(c4ccccc4F)CCOCC3)cc2)CC1. The number of nitrogens with zero attached hydrogens (tertiary/aromatic N) is 1. The molecule has 1 amide bonds. The van der Waals surface area contributed by atoms with Gasteiger partial charge >= 0.3 is 0 Å². The fraction of sp³-hybridized carbons (Fsp3) is 0.500. The monoisotopic (exact) mass is 440 g/mol. The van der Waals surface area contributed by atoms with Crippen molar-refractivity contribution < 1.29 is 18.7 Å². The Morgan fingerprint density at radius 1 is 1.12 bits per heavy atom. The van der Waals surface area contributed by atoms with Crippen LogP contribution in [-0.4, -0.2) is 50.3 Å². The molecule has 2 aliphatic heterocycles. The topological polar surface area (TPSA) is 50.8 Å². The molecule has 2 aliphatic rings. The number of hydrogen-bond acceptors (Lipinski definition) is 4. The zero-order chi connectivity index (χ0) is 22.4. The van der Waals surface area contributed by atoms with E-state index in [1.807, 2.05) is 24.3 Å². The molecule has 0 unspecified atom stereocenters. The third-order valence-electron chi connectivity index (χ3n) is 6.84. The number of likely N-dealkylation sites (tertiary alicyclic amines) is 1. The average Bonchev–Trinajstić information content (AvgIpc) is 2.82. The van der Waals surface area contributed by atoms with E-state index in [9.17, 15) is 9.18 Å². The molecule has 6 heteroatoms. The Morgan fingerprint density at radius 2 is 1.81 bits per heavy atom. The molecule has 0 atom stereocenters. The van der Waals surface area contributed by atoms with Gasteiger partial charge in [0.15, 0.2) is 0 Å². The summed E-state index contributed by atoms with van der Waals surface area (Å²) in [5.41, 5.74) is 0.187. The lowest BCUT2D eigenvalue weighted by molar-refractivity contribution is -0.125. The third kappa shape index (κ3) is 5.30. The van der Waals surface area contributed by atoms with Gasteiger partial charge in [-0.2, -0.15) is 0 Å². The van der Waals surface area contributed by atoms with Gasteiger partial charge in [0.2, 0.25) is 5.91 Å².